The molecule has 1 aromatic rings. The maximum Gasteiger partial charge on any atom is 0.0605 e. The summed E-state index contributed by atoms with van der Waals surface area (Å²) in [7, 11) is 0. The lowest BCUT2D eigenvalue weighted by Gasteiger charge is -2.35. The van der Waals surface area contributed by atoms with Crippen molar-refractivity contribution in [1.82, 2.24) is 0 Å². The van der Waals surface area contributed by atoms with Crippen molar-refractivity contribution in [1.29, 1.82) is 0 Å². The molecule has 2 rings (SSSR count). The Kier molecular flexibility index (Phi) is 3.60. The Morgan fingerprint density at radius 3 is 2.65 bits per heavy atom. The second-order valence-corrected chi connectivity index (χ2v) is 5.66. The zero-order valence-electron chi connectivity index (χ0n) is 11.5. The molecule has 0 bridgehead atoms. The minimum Gasteiger partial charge on any atom is -0.382 e. The van der Waals surface area contributed by atoms with E-state index in [1.807, 2.05) is 0 Å². The fourth-order valence-electron chi connectivity index (χ4n) is 2.54. The summed E-state index contributed by atoms with van der Waals surface area (Å²) in [6, 6.07) is 7.45. The van der Waals surface area contributed by atoms with Crippen LogP contribution >= 0.6 is 0 Å². The van der Waals surface area contributed by atoms with Gasteiger partial charge < -0.3 is 10.2 Å². The topological polar surface area (TPSA) is 15.3 Å². The first kappa shape index (κ1) is 12.3. The summed E-state index contributed by atoms with van der Waals surface area (Å²) in [4.78, 5) is 2.48. The number of fused-ring (bicyclic) bond motifs is 1. The molecule has 1 aliphatic rings. The van der Waals surface area contributed by atoms with Crippen LogP contribution < -0.4 is 10.2 Å². The molecule has 0 aromatic heterocycles. The van der Waals surface area contributed by atoms with Gasteiger partial charge in [-0.1, -0.05) is 19.9 Å². The minimum atomic E-state index is 0.576. The number of rotatable bonds is 3. The Labute approximate surface area is 105 Å². The van der Waals surface area contributed by atoms with Gasteiger partial charge in [-0.15, -0.1) is 0 Å². The lowest BCUT2D eigenvalue weighted by Crippen LogP contribution is -2.38. The molecule has 1 aliphatic heterocycles. The number of anilines is 2. The van der Waals surface area contributed by atoms with E-state index in [-0.39, 0.29) is 0 Å². The highest BCUT2D eigenvalue weighted by molar-refractivity contribution is 5.73. The zero-order valence-corrected chi connectivity index (χ0v) is 11.5. The van der Waals surface area contributed by atoms with Crippen LogP contribution in [0.4, 0.5) is 11.4 Å². The molecule has 0 aliphatic carbocycles. The van der Waals surface area contributed by atoms with Crippen LogP contribution in [-0.2, 0) is 6.42 Å². The summed E-state index contributed by atoms with van der Waals surface area (Å²) >= 11 is 0. The van der Waals surface area contributed by atoms with Gasteiger partial charge in [0, 0.05) is 19.1 Å². The fourth-order valence-corrected chi connectivity index (χ4v) is 2.54. The smallest absolute Gasteiger partial charge is 0.0605 e. The molecular formula is C15H24N2. The van der Waals surface area contributed by atoms with Crippen LogP contribution in [0.15, 0.2) is 18.2 Å². The molecule has 2 heteroatoms. The Bertz CT molecular complexity index is 383. The third kappa shape index (κ3) is 2.74. The van der Waals surface area contributed by atoms with Crippen LogP contribution in [0.5, 0.6) is 0 Å². The van der Waals surface area contributed by atoms with E-state index in [1.165, 1.54) is 16.9 Å². The highest BCUT2D eigenvalue weighted by Crippen LogP contribution is 2.31. The van der Waals surface area contributed by atoms with E-state index in [0.29, 0.717) is 6.04 Å². The molecule has 0 saturated carbocycles. The van der Waals surface area contributed by atoms with Crippen molar-refractivity contribution in [2.75, 3.05) is 23.3 Å². The molecule has 94 valence electrons. The second-order valence-electron chi connectivity index (χ2n) is 5.66. The van der Waals surface area contributed by atoms with Crippen molar-refractivity contribution in [2.45, 2.75) is 40.2 Å². The highest BCUT2D eigenvalue weighted by atomic mass is 15.2. The van der Waals surface area contributed by atoms with Gasteiger partial charge >= 0.3 is 0 Å². The van der Waals surface area contributed by atoms with E-state index in [2.05, 4.69) is 56.1 Å². The van der Waals surface area contributed by atoms with Crippen molar-refractivity contribution >= 4 is 11.4 Å². The van der Waals surface area contributed by atoms with E-state index >= 15 is 0 Å². The number of hydrogen-bond acceptors (Lipinski definition) is 2. The Hall–Kier alpha value is -1.18. The average molecular weight is 232 g/mol. The molecule has 0 radical (unpaired) electrons. The van der Waals surface area contributed by atoms with E-state index in [0.717, 1.165) is 25.4 Å². The Morgan fingerprint density at radius 2 is 2.00 bits per heavy atom. The molecule has 0 atom stereocenters. The first-order valence-electron chi connectivity index (χ1n) is 6.71. The summed E-state index contributed by atoms with van der Waals surface area (Å²) in [5.74, 6) is 0.720. The molecule has 1 N–H and O–H groups in total. The normalized spacial score (nSPS) is 15.1. The van der Waals surface area contributed by atoms with Crippen LogP contribution in [0, 0.1) is 5.92 Å². The molecule has 0 fully saturated rings. The molecule has 0 amide bonds. The third-order valence-corrected chi connectivity index (χ3v) is 3.31. The SMILES string of the molecule is CC(C)Cc1ccc2c(c1)NCCN2C(C)C. The van der Waals surface area contributed by atoms with Gasteiger partial charge in [-0.05, 0) is 43.9 Å². The largest absolute Gasteiger partial charge is 0.382 e. The quantitative estimate of drug-likeness (QED) is 0.857. The van der Waals surface area contributed by atoms with Crippen molar-refractivity contribution < 1.29 is 0 Å². The number of hydrogen-bond donors (Lipinski definition) is 1. The van der Waals surface area contributed by atoms with Gasteiger partial charge in [0.05, 0.1) is 11.4 Å². The van der Waals surface area contributed by atoms with Crippen molar-refractivity contribution in [3.8, 4) is 0 Å². The molecular weight excluding hydrogens is 208 g/mol. The third-order valence-electron chi connectivity index (χ3n) is 3.31. The first-order valence-corrected chi connectivity index (χ1v) is 6.71. The van der Waals surface area contributed by atoms with Crippen LogP contribution in [0.2, 0.25) is 0 Å². The molecule has 0 saturated heterocycles. The summed E-state index contributed by atoms with van der Waals surface area (Å²) in [6.45, 7) is 11.2. The van der Waals surface area contributed by atoms with E-state index in [9.17, 15) is 0 Å². The van der Waals surface area contributed by atoms with Gasteiger partial charge in [-0.2, -0.15) is 0 Å². The van der Waals surface area contributed by atoms with E-state index < -0.39 is 0 Å². The predicted molar refractivity (Wildman–Crippen MR) is 76.0 cm³/mol. The van der Waals surface area contributed by atoms with Gasteiger partial charge in [0.15, 0.2) is 0 Å². The molecule has 17 heavy (non-hydrogen) atoms. The molecule has 2 nitrogen and oxygen atoms in total. The molecule has 1 heterocycles. The average Bonchev–Trinajstić information content (AvgIpc) is 2.26. The lowest BCUT2D eigenvalue weighted by atomic mass is 10.0. The summed E-state index contributed by atoms with van der Waals surface area (Å²) < 4.78 is 0. The van der Waals surface area contributed by atoms with Gasteiger partial charge in [-0.3, -0.25) is 0 Å². The highest BCUT2D eigenvalue weighted by Gasteiger charge is 2.18. The fraction of sp³-hybridized carbons (Fsp3) is 0.600. The summed E-state index contributed by atoms with van der Waals surface area (Å²) in [5, 5.41) is 3.52. The molecule has 0 unspecified atom stereocenters. The lowest BCUT2D eigenvalue weighted by molar-refractivity contribution is 0.646. The van der Waals surface area contributed by atoms with Crippen molar-refractivity contribution in [3.05, 3.63) is 23.8 Å². The molecule has 0 spiro atoms. The summed E-state index contributed by atoms with van der Waals surface area (Å²) in [6.07, 6.45) is 1.16. The Morgan fingerprint density at radius 1 is 1.24 bits per heavy atom. The molecule has 1 aromatic carbocycles. The minimum absolute atomic E-state index is 0.576. The Balaban J connectivity index is 2.26. The maximum atomic E-state index is 3.52. The monoisotopic (exact) mass is 232 g/mol. The van der Waals surface area contributed by atoms with Gasteiger partial charge in [0.25, 0.3) is 0 Å². The van der Waals surface area contributed by atoms with Crippen LogP contribution in [-0.4, -0.2) is 19.1 Å². The predicted octanol–water partition coefficient (Wildman–Crippen LogP) is 3.53. The van der Waals surface area contributed by atoms with E-state index in [1.54, 1.807) is 0 Å². The van der Waals surface area contributed by atoms with Crippen LogP contribution in [0.3, 0.4) is 0 Å². The first-order chi connectivity index (χ1) is 8.08. The summed E-state index contributed by atoms with van der Waals surface area (Å²) in [5.41, 5.74) is 4.11. The van der Waals surface area contributed by atoms with Crippen molar-refractivity contribution in [2.24, 2.45) is 5.92 Å². The van der Waals surface area contributed by atoms with E-state index in [4.69, 9.17) is 0 Å². The van der Waals surface area contributed by atoms with Gasteiger partial charge in [0.1, 0.15) is 0 Å². The number of nitrogens with one attached hydrogen (secondary N) is 1. The zero-order chi connectivity index (χ0) is 12.4. The van der Waals surface area contributed by atoms with Crippen molar-refractivity contribution in [3.63, 3.8) is 0 Å². The van der Waals surface area contributed by atoms with Crippen LogP contribution in [0.1, 0.15) is 33.3 Å². The standard InChI is InChI=1S/C15H24N2/c1-11(2)9-13-5-6-15-14(10-13)16-7-8-17(15)12(3)4/h5-6,10-12,16H,7-9H2,1-4H3. The van der Waals surface area contributed by atoms with Gasteiger partial charge in [0.2, 0.25) is 0 Å². The number of benzene rings is 1. The number of nitrogens with zero attached hydrogens (tertiary/aromatic N) is 1. The maximum absolute atomic E-state index is 3.52. The van der Waals surface area contributed by atoms with Gasteiger partial charge in [-0.25, -0.2) is 0 Å². The second kappa shape index (κ2) is 4.99. The van der Waals surface area contributed by atoms with Crippen LogP contribution in [0.25, 0.3) is 0 Å².